The molecule has 5 nitrogen and oxygen atoms in total. The van der Waals surface area contributed by atoms with Crippen molar-refractivity contribution < 1.29 is 9.90 Å². The number of aromatic nitrogens is 1. The van der Waals surface area contributed by atoms with Crippen LogP contribution in [0.2, 0.25) is 0 Å². The van der Waals surface area contributed by atoms with E-state index in [4.69, 9.17) is 10.8 Å². The van der Waals surface area contributed by atoms with Gasteiger partial charge >= 0.3 is 0 Å². The molecule has 1 atom stereocenters. The molecular formula is C13H24ClN3O2S. The minimum Gasteiger partial charge on any atom is -0.396 e. The predicted molar refractivity (Wildman–Crippen MR) is 84.2 cm³/mol. The molecule has 1 rings (SSSR count). The van der Waals surface area contributed by atoms with E-state index in [9.17, 15) is 4.79 Å². The molecule has 0 saturated carbocycles. The lowest BCUT2D eigenvalue weighted by atomic mass is 9.94. The number of carbonyl (C=O) groups excluding carboxylic acids is 1. The average molecular weight is 322 g/mol. The largest absolute Gasteiger partial charge is 0.396 e. The van der Waals surface area contributed by atoms with Crippen molar-refractivity contribution in [3.8, 4) is 0 Å². The molecule has 0 radical (unpaired) electrons. The topological polar surface area (TPSA) is 88.2 Å². The van der Waals surface area contributed by atoms with Crippen molar-refractivity contribution in [3.63, 3.8) is 0 Å². The first-order valence-corrected chi connectivity index (χ1v) is 7.48. The number of nitrogens with zero attached hydrogens (tertiary/aromatic N) is 1. The van der Waals surface area contributed by atoms with E-state index < -0.39 is 0 Å². The smallest absolute Gasteiger partial charge is 0.270 e. The van der Waals surface area contributed by atoms with E-state index in [0.29, 0.717) is 37.0 Å². The number of nitrogens with two attached hydrogens (primary N) is 1. The first kappa shape index (κ1) is 19.3. The summed E-state index contributed by atoms with van der Waals surface area (Å²) in [6.45, 7) is 5.37. The highest BCUT2D eigenvalue weighted by atomic mass is 35.5. The van der Waals surface area contributed by atoms with Gasteiger partial charge in [0.2, 0.25) is 0 Å². The van der Waals surface area contributed by atoms with Gasteiger partial charge in [-0.25, -0.2) is 4.98 Å². The molecule has 0 bridgehead atoms. The first-order chi connectivity index (χ1) is 9.06. The fraction of sp³-hybridized carbons (Fsp3) is 0.692. The maximum atomic E-state index is 11.9. The molecule has 1 aromatic rings. The Morgan fingerprint density at radius 3 is 2.75 bits per heavy atom. The SMILES string of the molecule is CC(C)CC(CCO)CNC(=O)c1csc(CN)n1.Cl. The van der Waals surface area contributed by atoms with Gasteiger partial charge in [-0.2, -0.15) is 0 Å². The van der Waals surface area contributed by atoms with Gasteiger partial charge in [0.15, 0.2) is 0 Å². The Balaban J connectivity index is 0.00000361. The van der Waals surface area contributed by atoms with Crippen LogP contribution >= 0.6 is 23.7 Å². The molecule has 0 aliphatic heterocycles. The fourth-order valence-electron chi connectivity index (χ4n) is 1.99. The zero-order valence-corrected chi connectivity index (χ0v) is 13.6. The molecule has 1 heterocycles. The molecule has 7 heteroatoms. The van der Waals surface area contributed by atoms with Crippen molar-refractivity contribution >= 4 is 29.7 Å². The molecule has 4 N–H and O–H groups in total. The van der Waals surface area contributed by atoms with Gasteiger partial charge in [0, 0.05) is 25.1 Å². The van der Waals surface area contributed by atoms with E-state index in [-0.39, 0.29) is 24.9 Å². The minimum atomic E-state index is -0.164. The second kappa shape index (κ2) is 10.1. The summed E-state index contributed by atoms with van der Waals surface area (Å²) in [6.07, 6.45) is 1.70. The van der Waals surface area contributed by atoms with Gasteiger partial charge in [-0.15, -0.1) is 23.7 Å². The maximum absolute atomic E-state index is 11.9. The molecule has 1 amide bonds. The molecule has 0 aromatic carbocycles. The van der Waals surface area contributed by atoms with Crippen LogP contribution in [0.5, 0.6) is 0 Å². The van der Waals surface area contributed by atoms with Crippen LogP contribution in [0.25, 0.3) is 0 Å². The Hall–Kier alpha value is -0.690. The third-order valence-corrected chi connectivity index (χ3v) is 3.72. The van der Waals surface area contributed by atoms with Crippen molar-refractivity contribution in [2.75, 3.05) is 13.2 Å². The first-order valence-electron chi connectivity index (χ1n) is 6.60. The lowest BCUT2D eigenvalue weighted by molar-refractivity contribution is 0.0937. The van der Waals surface area contributed by atoms with Crippen molar-refractivity contribution in [1.29, 1.82) is 0 Å². The number of hydrogen-bond acceptors (Lipinski definition) is 5. The van der Waals surface area contributed by atoms with Gasteiger partial charge in [-0.1, -0.05) is 13.8 Å². The zero-order valence-electron chi connectivity index (χ0n) is 12.0. The van der Waals surface area contributed by atoms with Crippen LogP contribution in [0, 0.1) is 11.8 Å². The number of nitrogens with one attached hydrogen (secondary N) is 1. The average Bonchev–Trinajstić information content (AvgIpc) is 2.84. The number of hydrogen-bond donors (Lipinski definition) is 3. The summed E-state index contributed by atoms with van der Waals surface area (Å²) >= 11 is 1.40. The molecule has 0 aliphatic rings. The monoisotopic (exact) mass is 321 g/mol. The van der Waals surface area contributed by atoms with Crippen LogP contribution in [0.3, 0.4) is 0 Å². The molecular weight excluding hydrogens is 298 g/mol. The molecule has 116 valence electrons. The molecule has 0 saturated heterocycles. The van der Waals surface area contributed by atoms with Crippen LogP contribution in [-0.2, 0) is 6.54 Å². The molecule has 20 heavy (non-hydrogen) atoms. The Morgan fingerprint density at radius 1 is 1.55 bits per heavy atom. The van der Waals surface area contributed by atoms with Crippen molar-refractivity contribution in [2.45, 2.75) is 33.2 Å². The number of thiazole rings is 1. The van der Waals surface area contributed by atoms with Gasteiger partial charge in [-0.3, -0.25) is 4.79 Å². The second-order valence-corrected chi connectivity index (χ2v) is 5.99. The predicted octanol–water partition coefficient (Wildman–Crippen LogP) is 1.80. The number of aliphatic hydroxyl groups excluding tert-OH is 1. The van der Waals surface area contributed by atoms with Crippen LogP contribution in [0.15, 0.2) is 5.38 Å². The van der Waals surface area contributed by atoms with Gasteiger partial charge < -0.3 is 16.2 Å². The Bertz CT molecular complexity index is 399. The summed E-state index contributed by atoms with van der Waals surface area (Å²) in [5.41, 5.74) is 5.90. The number of carbonyl (C=O) groups is 1. The Kier molecular flexibility index (Phi) is 9.75. The van der Waals surface area contributed by atoms with Gasteiger partial charge in [0.05, 0.1) is 0 Å². The van der Waals surface area contributed by atoms with Gasteiger partial charge in [-0.05, 0) is 24.7 Å². The Labute approximate surface area is 130 Å². The van der Waals surface area contributed by atoms with E-state index >= 15 is 0 Å². The standard InChI is InChI=1S/C13H23N3O2S.ClH/c1-9(2)5-10(3-4-17)7-15-13(18)11-8-19-12(6-14)16-11;/h8-10,17H,3-7,14H2,1-2H3,(H,15,18);1H. The molecule has 0 aliphatic carbocycles. The number of aliphatic hydroxyl groups is 1. The van der Waals surface area contributed by atoms with E-state index in [2.05, 4.69) is 24.1 Å². The highest BCUT2D eigenvalue weighted by Crippen LogP contribution is 2.15. The van der Waals surface area contributed by atoms with Crippen LogP contribution in [0.1, 0.15) is 42.2 Å². The highest BCUT2D eigenvalue weighted by Gasteiger charge is 2.14. The summed E-state index contributed by atoms with van der Waals surface area (Å²) in [5.74, 6) is 0.695. The fourth-order valence-corrected chi connectivity index (χ4v) is 2.64. The van der Waals surface area contributed by atoms with Crippen LogP contribution in [-0.4, -0.2) is 29.1 Å². The summed E-state index contributed by atoms with van der Waals surface area (Å²) in [6, 6.07) is 0. The van der Waals surface area contributed by atoms with E-state index in [1.54, 1.807) is 5.38 Å². The van der Waals surface area contributed by atoms with Crippen molar-refractivity contribution in [2.24, 2.45) is 17.6 Å². The zero-order chi connectivity index (χ0) is 14.3. The molecule has 0 spiro atoms. The van der Waals surface area contributed by atoms with E-state index in [0.717, 1.165) is 11.4 Å². The third-order valence-electron chi connectivity index (χ3n) is 2.85. The van der Waals surface area contributed by atoms with Gasteiger partial charge in [0.25, 0.3) is 5.91 Å². The normalized spacial score (nSPS) is 12.1. The summed E-state index contributed by atoms with van der Waals surface area (Å²) in [7, 11) is 0. The quantitative estimate of drug-likeness (QED) is 0.681. The lowest BCUT2D eigenvalue weighted by Crippen LogP contribution is -2.30. The van der Waals surface area contributed by atoms with Crippen LogP contribution < -0.4 is 11.1 Å². The minimum absolute atomic E-state index is 0. The summed E-state index contributed by atoms with van der Waals surface area (Å²) < 4.78 is 0. The number of rotatable bonds is 8. The van der Waals surface area contributed by atoms with Crippen molar-refractivity contribution in [3.05, 3.63) is 16.1 Å². The highest BCUT2D eigenvalue weighted by molar-refractivity contribution is 7.09. The van der Waals surface area contributed by atoms with E-state index in [1.165, 1.54) is 11.3 Å². The van der Waals surface area contributed by atoms with Crippen molar-refractivity contribution in [1.82, 2.24) is 10.3 Å². The molecule has 1 unspecified atom stereocenters. The Morgan fingerprint density at radius 2 is 2.25 bits per heavy atom. The maximum Gasteiger partial charge on any atom is 0.270 e. The summed E-state index contributed by atoms with van der Waals surface area (Å²) in [4.78, 5) is 16.0. The number of amides is 1. The summed E-state index contributed by atoms with van der Waals surface area (Å²) in [5, 5.41) is 14.4. The van der Waals surface area contributed by atoms with Gasteiger partial charge in [0.1, 0.15) is 10.7 Å². The van der Waals surface area contributed by atoms with Crippen LogP contribution in [0.4, 0.5) is 0 Å². The lowest BCUT2D eigenvalue weighted by Gasteiger charge is -2.18. The molecule has 1 aromatic heterocycles. The third kappa shape index (κ3) is 6.65. The molecule has 0 fully saturated rings. The second-order valence-electron chi connectivity index (χ2n) is 5.05. The van der Waals surface area contributed by atoms with E-state index in [1.807, 2.05) is 0 Å². The number of halogens is 1.